The fourth-order valence-electron chi connectivity index (χ4n) is 4.35. The van der Waals surface area contributed by atoms with Crippen LogP contribution in [-0.2, 0) is 13.6 Å². The smallest absolute Gasteiger partial charge is 0.200 e. The van der Waals surface area contributed by atoms with E-state index in [0.29, 0.717) is 29.8 Å². The highest BCUT2D eigenvalue weighted by atomic mass is 28.4. The molecule has 0 unspecified atom stereocenters. The van der Waals surface area contributed by atoms with Gasteiger partial charge in [0.05, 0.1) is 0 Å². The minimum atomic E-state index is -1.87. The zero-order valence-corrected chi connectivity index (χ0v) is 24.6. The molecule has 2 atom stereocenters. The number of carbonyl (C=O) groups excluding carboxylic acids is 1. The molecule has 0 aliphatic rings. The summed E-state index contributed by atoms with van der Waals surface area (Å²) in [7, 11) is -3.71. The quantitative estimate of drug-likeness (QED) is 0.220. The third-order valence-corrected chi connectivity index (χ3v) is 17.8. The van der Waals surface area contributed by atoms with Crippen LogP contribution in [0.3, 0.4) is 0 Å². The van der Waals surface area contributed by atoms with E-state index in [-0.39, 0.29) is 22.7 Å². The van der Waals surface area contributed by atoms with Gasteiger partial charge in [0.25, 0.3) is 0 Å². The van der Waals surface area contributed by atoms with Crippen LogP contribution in [-0.4, -0.2) is 35.6 Å². The normalized spacial score (nSPS) is 16.5. The summed E-state index contributed by atoms with van der Waals surface area (Å²) in [6, 6.07) is 0. The number of carbonyl (C=O) groups is 1. The number of hydrogen-bond donors (Lipinski definition) is 0. The molecule has 0 aromatic rings. The summed E-state index contributed by atoms with van der Waals surface area (Å²) in [5.74, 6) is 0.310. The second-order valence-electron chi connectivity index (χ2n) is 11.8. The molecule has 0 N–H and O–H groups in total. The van der Waals surface area contributed by atoms with Gasteiger partial charge in [-0.2, -0.15) is 0 Å². The Morgan fingerprint density at radius 1 is 0.833 bits per heavy atom. The fourth-order valence-corrected chi connectivity index (χ4v) is 11.0. The van der Waals surface area contributed by atoms with Crippen molar-refractivity contribution in [2.45, 2.75) is 118 Å². The van der Waals surface area contributed by atoms with E-state index in [0.717, 1.165) is 5.57 Å². The van der Waals surface area contributed by atoms with E-state index in [9.17, 15) is 4.79 Å². The number of rotatable bonds is 12. The van der Waals surface area contributed by atoms with Crippen molar-refractivity contribution in [3.8, 4) is 0 Å². The molecule has 0 radical (unpaired) electrons. The first-order valence-electron chi connectivity index (χ1n) is 11.9. The average molecular weight is 457 g/mol. The van der Waals surface area contributed by atoms with Crippen LogP contribution >= 0.6 is 0 Å². The fraction of sp³-hybridized carbons (Fsp3) is 0.880. The summed E-state index contributed by atoms with van der Waals surface area (Å²) in [6.07, 6.45) is 2.10. The molecular weight excluding hydrogens is 404 g/mol. The lowest BCUT2D eigenvalue weighted by molar-refractivity contribution is -0.119. The molecule has 0 rings (SSSR count). The minimum Gasteiger partial charge on any atom is -0.416 e. The molecule has 0 spiro atoms. The van der Waals surface area contributed by atoms with Crippen LogP contribution in [0.2, 0.25) is 34.8 Å². The molecule has 0 saturated carbocycles. The zero-order chi connectivity index (χ0) is 24.1. The van der Waals surface area contributed by atoms with Gasteiger partial charge in [0.1, 0.15) is 0 Å². The zero-order valence-electron chi connectivity index (χ0n) is 22.6. The third kappa shape index (κ3) is 7.72. The molecule has 5 heteroatoms. The summed E-state index contributed by atoms with van der Waals surface area (Å²) in [5, 5.41) is 0.159. The third-order valence-electron chi connectivity index (χ3n) is 7.17. The van der Waals surface area contributed by atoms with Crippen LogP contribution in [0.4, 0.5) is 0 Å². The lowest BCUT2D eigenvalue weighted by atomic mass is 9.98. The van der Waals surface area contributed by atoms with Gasteiger partial charge in [-0.25, -0.2) is 0 Å². The second kappa shape index (κ2) is 11.6. The molecule has 178 valence electrons. The molecule has 0 fully saturated rings. The maximum absolute atomic E-state index is 12.9. The summed E-state index contributed by atoms with van der Waals surface area (Å²) in [5.41, 5.74) is 2.56. The van der Waals surface area contributed by atoms with E-state index < -0.39 is 16.6 Å². The van der Waals surface area contributed by atoms with Crippen LogP contribution in [0, 0.1) is 11.8 Å². The Hall–Kier alpha value is -0.236. The Labute approximate surface area is 190 Å². The number of ketones is 1. The van der Waals surface area contributed by atoms with Crippen molar-refractivity contribution in [2.75, 3.05) is 13.2 Å². The van der Waals surface area contributed by atoms with Gasteiger partial charge in [-0.3, -0.25) is 4.79 Å². The molecule has 30 heavy (non-hydrogen) atoms. The van der Waals surface area contributed by atoms with Gasteiger partial charge >= 0.3 is 0 Å². The number of Topliss-reactive ketones (excluding diaryl/α,β-unsaturated/α-hetero) is 1. The Morgan fingerprint density at radius 2 is 1.27 bits per heavy atom. The maximum atomic E-state index is 12.9. The molecule has 0 aliphatic carbocycles. The van der Waals surface area contributed by atoms with Gasteiger partial charge in [0, 0.05) is 19.1 Å². The average Bonchev–Trinajstić information content (AvgIpc) is 2.57. The lowest BCUT2D eigenvalue weighted by Crippen LogP contribution is -2.48. The minimum absolute atomic E-state index is 0.112. The van der Waals surface area contributed by atoms with Crippen LogP contribution < -0.4 is 0 Å². The Kier molecular flexibility index (Phi) is 11.5. The van der Waals surface area contributed by atoms with Crippen LogP contribution in [0.5, 0.6) is 0 Å². The van der Waals surface area contributed by atoms with E-state index in [1.807, 2.05) is 13.8 Å². The molecule has 0 heterocycles. The van der Waals surface area contributed by atoms with Crippen LogP contribution in [0.1, 0.15) is 83.1 Å². The van der Waals surface area contributed by atoms with Crippen molar-refractivity contribution < 1.29 is 13.6 Å². The van der Waals surface area contributed by atoms with Crippen molar-refractivity contribution in [3.63, 3.8) is 0 Å². The van der Waals surface area contributed by atoms with Crippen molar-refractivity contribution in [2.24, 2.45) is 11.8 Å². The van der Waals surface area contributed by atoms with Gasteiger partial charge in [0.2, 0.25) is 0 Å². The molecule has 0 aromatic carbocycles. The molecule has 0 amide bonds. The maximum Gasteiger partial charge on any atom is 0.200 e. The molecule has 0 aromatic heterocycles. The monoisotopic (exact) mass is 456 g/mol. The molecule has 0 bridgehead atoms. The Balaban J connectivity index is 5.08. The Bertz CT molecular complexity index is 550. The first-order chi connectivity index (χ1) is 13.4. The van der Waals surface area contributed by atoms with Crippen molar-refractivity contribution in [1.82, 2.24) is 0 Å². The number of hydrogen-bond acceptors (Lipinski definition) is 3. The summed E-state index contributed by atoms with van der Waals surface area (Å²) >= 11 is 0. The highest BCUT2D eigenvalue weighted by Gasteiger charge is 2.45. The SMILES string of the molecule is C/C(=C\[C@H](C)CO[Si](C(C)C)(C(C)C)C(C)C)C(=O)[C@H](C)CO[Si](C)(C)C(C)(C)C. The summed E-state index contributed by atoms with van der Waals surface area (Å²) in [4.78, 5) is 12.9. The summed E-state index contributed by atoms with van der Waals surface area (Å²) < 4.78 is 13.0. The first-order valence-corrected chi connectivity index (χ1v) is 17.0. The van der Waals surface area contributed by atoms with E-state index in [1.54, 1.807) is 0 Å². The van der Waals surface area contributed by atoms with E-state index in [2.05, 4.69) is 88.4 Å². The highest BCUT2D eigenvalue weighted by Crippen LogP contribution is 2.42. The predicted molar refractivity (Wildman–Crippen MR) is 137 cm³/mol. The first kappa shape index (κ1) is 29.8. The van der Waals surface area contributed by atoms with Crippen molar-refractivity contribution in [3.05, 3.63) is 11.6 Å². The van der Waals surface area contributed by atoms with E-state index >= 15 is 0 Å². The standard InChI is InChI=1S/C25H52O3Si2/c1-18(2)30(19(3)4,20(5)6)28-16-21(7)15-22(8)24(26)23(9)17-27-29(13,14)25(10,11)12/h15,18-21,23H,16-17H2,1-14H3/b22-15+/t21-,23+/m0/s1. The highest BCUT2D eigenvalue weighted by molar-refractivity contribution is 6.77. The largest absolute Gasteiger partial charge is 0.416 e. The van der Waals surface area contributed by atoms with Crippen LogP contribution in [0.25, 0.3) is 0 Å². The van der Waals surface area contributed by atoms with Gasteiger partial charge < -0.3 is 8.85 Å². The molecule has 3 nitrogen and oxygen atoms in total. The molecular formula is C25H52O3Si2. The summed E-state index contributed by atoms with van der Waals surface area (Å²) in [6.45, 7) is 32.3. The van der Waals surface area contributed by atoms with Gasteiger partial charge in [-0.05, 0) is 53.2 Å². The van der Waals surface area contributed by atoms with Crippen LogP contribution in [0.15, 0.2) is 11.6 Å². The number of allylic oxidation sites excluding steroid dienone is 1. The second-order valence-corrected chi connectivity index (χ2v) is 22.1. The van der Waals surface area contributed by atoms with Gasteiger partial charge in [0.15, 0.2) is 22.4 Å². The molecule has 0 saturated heterocycles. The van der Waals surface area contributed by atoms with Crippen molar-refractivity contribution >= 4 is 22.4 Å². The van der Waals surface area contributed by atoms with Gasteiger partial charge in [-0.1, -0.05) is 82.2 Å². The lowest BCUT2D eigenvalue weighted by Gasteiger charge is -2.42. The van der Waals surface area contributed by atoms with E-state index in [1.165, 1.54) is 0 Å². The topological polar surface area (TPSA) is 35.5 Å². The Morgan fingerprint density at radius 3 is 1.63 bits per heavy atom. The van der Waals surface area contributed by atoms with Gasteiger partial charge in [-0.15, -0.1) is 0 Å². The predicted octanol–water partition coefficient (Wildman–Crippen LogP) is 7.99. The molecule has 0 aliphatic heterocycles. The van der Waals surface area contributed by atoms with E-state index in [4.69, 9.17) is 8.85 Å². The van der Waals surface area contributed by atoms with Crippen molar-refractivity contribution in [1.29, 1.82) is 0 Å².